The van der Waals surface area contributed by atoms with Crippen LogP contribution < -0.4 is 5.32 Å². The van der Waals surface area contributed by atoms with Crippen molar-refractivity contribution in [2.45, 2.75) is 45.2 Å². The number of nitrogens with one attached hydrogen (secondary N) is 1. The molecule has 106 valence electrons. The molecule has 0 radical (unpaired) electrons. The summed E-state index contributed by atoms with van der Waals surface area (Å²) >= 11 is 0. The van der Waals surface area contributed by atoms with E-state index in [9.17, 15) is 0 Å². The zero-order valence-corrected chi connectivity index (χ0v) is 12.2. The highest BCUT2D eigenvalue weighted by Crippen LogP contribution is 2.30. The van der Waals surface area contributed by atoms with Gasteiger partial charge in [0, 0.05) is 37.9 Å². The average molecular weight is 262 g/mol. The van der Waals surface area contributed by atoms with Gasteiger partial charge in [-0.1, -0.05) is 0 Å². The molecule has 0 aromatic carbocycles. The highest BCUT2D eigenvalue weighted by molar-refractivity contribution is 5.15. The second kappa shape index (κ2) is 5.63. The number of rotatable bonds is 5. The van der Waals surface area contributed by atoms with Crippen LogP contribution in [-0.2, 0) is 13.6 Å². The molecule has 1 aliphatic carbocycles. The standard InChI is InChI=1S/C15H26N4/c1-12-14(10-18(2)17-12)11-19(15-3-4-15)9-13-5-7-16-8-6-13/h10,13,15-16H,3-9,11H2,1-2H3. The highest BCUT2D eigenvalue weighted by atomic mass is 15.3. The molecule has 2 heterocycles. The van der Waals surface area contributed by atoms with Crippen molar-refractivity contribution < 1.29 is 0 Å². The van der Waals surface area contributed by atoms with E-state index >= 15 is 0 Å². The quantitative estimate of drug-likeness (QED) is 0.876. The highest BCUT2D eigenvalue weighted by Gasteiger charge is 2.31. The largest absolute Gasteiger partial charge is 0.317 e. The van der Waals surface area contributed by atoms with Gasteiger partial charge in [-0.15, -0.1) is 0 Å². The summed E-state index contributed by atoms with van der Waals surface area (Å²) < 4.78 is 1.94. The summed E-state index contributed by atoms with van der Waals surface area (Å²) in [6.45, 7) is 6.91. The van der Waals surface area contributed by atoms with Crippen LogP contribution >= 0.6 is 0 Å². The second-order valence-electron chi connectivity index (χ2n) is 6.27. The first-order valence-corrected chi connectivity index (χ1v) is 7.66. The van der Waals surface area contributed by atoms with Crippen LogP contribution in [-0.4, -0.2) is 40.4 Å². The molecular weight excluding hydrogens is 236 g/mol. The van der Waals surface area contributed by atoms with Crippen molar-refractivity contribution in [2.75, 3.05) is 19.6 Å². The second-order valence-corrected chi connectivity index (χ2v) is 6.27. The lowest BCUT2D eigenvalue weighted by molar-refractivity contribution is 0.190. The Morgan fingerprint density at radius 2 is 2.05 bits per heavy atom. The Morgan fingerprint density at radius 1 is 1.32 bits per heavy atom. The van der Waals surface area contributed by atoms with Gasteiger partial charge in [0.15, 0.2) is 0 Å². The van der Waals surface area contributed by atoms with Gasteiger partial charge in [0.1, 0.15) is 0 Å². The van der Waals surface area contributed by atoms with E-state index in [0.29, 0.717) is 0 Å². The van der Waals surface area contributed by atoms with Crippen molar-refractivity contribution >= 4 is 0 Å². The van der Waals surface area contributed by atoms with E-state index in [2.05, 4.69) is 28.4 Å². The SMILES string of the molecule is Cc1nn(C)cc1CN(CC1CCNCC1)C1CC1. The molecule has 0 bridgehead atoms. The Kier molecular flexibility index (Phi) is 3.89. The molecule has 0 spiro atoms. The molecule has 4 nitrogen and oxygen atoms in total. The third-order valence-electron chi connectivity index (χ3n) is 4.50. The third kappa shape index (κ3) is 3.37. The number of piperidine rings is 1. The molecule has 0 atom stereocenters. The summed E-state index contributed by atoms with van der Waals surface area (Å²) in [6.07, 6.45) is 7.66. The molecule has 19 heavy (non-hydrogen) atoms. The van der Waals surface area contributed by atoms with Gasteiger partial charge in [0.05, 0.1) is 5.69 Å². The summed E-state index contributed by atoms with van der Waals surface area (Å²) in [6, 6.07) is 0.842. The first-order valence-electron chi connectivity index (χ1n) is 7.66. The molecule has 0 unspecified atom stereocenters. The molecule has 1 aliphatic heterocycles. The summed E-state index contributed by atoms with van der Waals surface area (Å²) in [5, 5.41) is 7.93. The third-order valence-corrected chi connectivity index (χ3v) is 4.50. The van der Waals surface area contributed by atoms with Gasteiger partial charge in [0.25, 0.3) is 0 Å². The molecule has 3 rings (SSSR count). The van der Waals surface area contributed by atoms with Crippen LogP contribution in [0, 0.1) is 12.8 Å². The fourth-order valence-corrected chi connectivity index (χ4v) is 3.20. The van der Waals surface area contributed by atoms with E-state index < -0.39 is 0 Å². The van der Waals surface area contributed by atoms with E-state index in [0.717, 1.165) is 18.5 Å². The molecule has 2 aliphatic rings. The van der Waals surface area contributed by atoms with Gasteiger partial charge in [-0.05, 0) is 51.6 Å². The van der Waals surface area contributed by atoms with Gasteiger partial charge in [-0.3, -0.25) is 9.58 Å². The van der Waals surface area contributed by atoms with Crippen LogP contribution in [0.5, 0.6) is 0 Å². The normalized spacial score (nSPS) is 21.2. The smallest absolute Gasteiger partial charge is 0.0638 e. The van der Waals surface area contributed by atoms with Crippen molar-refractivity contribution in [3.8, 4) is 0 Å². The van der Waals surface area contributed by atoms with Crippen LogP contribution in [0.2, 0.25) is 0 Å². The molecule has 1 aromatic rings. The maximum Gasteiger partial charge on any atom is 0.0638 e. The summed E-state index contributed by atoms with van der Waals surface area (Å²) in [5.74, 6) is 0.888. The van der Waals surface area contributed by atoms with E-state index in [-0.39, 0.29) is 0 Å². The first kappa shape index (κ1) is 13.1. The zero-order valence-electron chi connectivity index (χ0n) is 12.2. The Bertz CT molecular complexity index is 416. The van der Waals surface area contributed by atoms with Crippen LogP contribution in [0.4, 0.5) is 0 Å². The van der Waals surface area contributed by atoms with E-state index in [1.807, 2.05) is 11.7 Å². The van der Waals surface area contributed by atoms with Crippen molar-refractivity contribution in [3.63, 3.8) is 0 Å². The lowest BCUT2D eigenvalue weighted by atomic mass is 9.97. The lowest BCUT2D eigenvalue weighted by Crippen LogP contribution is -2.37. The minimum Gasteiger partial charge on any atom is -0.317 e. The fourth-order valence-electron chi connectivity index (χ4n) is 3.20. The summed E-state index contributed by atoms with van der Waals surface area (Å²) in [7, 11) is 2.02. The Morgan fingerprint density at radius 3 is 2.63 bits per heavy atom. The average Bonchev–Trinajstić information content (AvgIpc) is 3.18. The Balaban J connectivity index is 1.62. The fraction of sp³-hybridized carbons (Fsp3) is 0.800. The number of hydrogen-bond acceptors (Lipinski definition) is 3. The van der Waals surface area contributed by atoms with Crippen LogP contribution in [0.3, 0.4) is 0 Å². The van der Waals surface area contributed by atoms with Gasteiger partial charge in [-0.2, -0.15) is 5.10 Å². The molecular formula is C15H26N4. The van der Waals surface area contributed by atoms with Gasteiger partial charge < -0.3 is 5.32 Å². The Hall–Kier alpha value is -0.870. The monoisotopic (exact) mass is 262 g/mol. The van der Waals surface area contributed by atoms with Gasteiger partial charge in [0.2, 0.25) is 0 Å². The predicted molar refractivity (Wildman–Crippen MR) is 77.0 cm³/mol. The van der Waals surface area contributed by atoms with Crippen molar-refractivity contribution in [1.82, 2.24) is 20.0 Å². The van der Waals surface area contributed by atoms with Crippen LogP contribution in [0.1, 0.15) is 36.9 Å². The predicted octanol–water partition coefficient (Wildman–Crippen LogP) is 1.69. The van der Waals surface area contributed by atoms with E-state index in [4.69, 9.17) is 0 Å². The maximum atomic E-state index is 4.47. The summed E-state index contributed by atoms with van der Waals surface area (Å²) in [4.78, 5) is 2.71. The number of nitrogens with zero attached hydrogens (tertiary/aromatic N) is 3. The minimum absolute atomic E-state index is 0.842. The topological polar surface area (TPSA) is 33.1 Å². The molecule has 1 saturated carbocycles. The van der Waals surface area contributed by atoms with E-state index in [1.54, 1.807) is 0 Å². The zero-order chi connectivity index (χ0) is 13.2. The van der Waals surface area contributed by atoms with Crippen LogP contribution in [0.15, 0.2) is 6.20 Å². The summed E-state index contributed by atoms with van der Waals surface area (Å²) in [5.41, 5.74) is 2.60. The van der Waals surface area contributed by atoms with Gasteiger partial charge in [-0.25, -0.2) is 0 Å². The molecule has 1 N–H and O–H groups in total. The van der Waals surface area contributed by atoms with Crippen molar-refractivity contribution in [3.05, 3.63) is 17.5 Å². The lowest BCUT2D eigenvalue weighted by Gasteiger charge is -2.30. The van der Waals surface area contributed by atoms with Gasteiger partial charge >= 0.3 is 0 Å². The first-order chi connectivity index (χ1) is 9.22. The number of hydrogen-bond donors (Lipinski definition) is 1. The molecule has 2 fully saturated rings. The molecule has 1 saturated heterocycles. The molecule has 0 amide bonds. The van der Waals surface area contributed by atoms with Crippen molar-refractivity contribution in [2.24, 2.45) is 13.0 Å². The minimum atomic E-state index is 0.842. The molecule has 1 aromatic heterocycles. The maximum absolute atomic E-state index is 4.47. The van der Waals surface area contributed by atoms with E-state index in [1.165, 1.54) is 56.6 Å². The number of aryl methyl sites for hydroxylation is 2. The Labute approximate surface area is 116 Å². The van der Waals surface area contributed by atoms with Crippen LogP contribution in [0.25, 0.3) is 0 Å². The van der Waals surface area contributed by atoms with Crippen molar-refractivity contribution in [1.29, 1.82) is 0 Å². The number of aromatic nitrogens is 2. The molecule has 4 heteroatoms.